The predicted molar refractivity (Wildman–Crippen MR) is 197 cm³/mol. The summed E-state index contributed by atoms with van der Waals surface area (Å²) in [5, 5.41) is 43.8. The highest BCUT2D eigenvalue weighted by atomic mass is 35.5. The van der Waals surface area contributed by atoms with Gasteiger partial charge in [-0.2, -0.15) is 0 Å². The van der Waals surface area contributed by atoms with Crippen LogP contribution < -0.4 is 0 Å². The number of hydrogen-bond acceptors (Lipinski definition) is 4. The molecule has 6 nitrogen and oxygen atoms in total. The molecule has 4 N–H and O–H groups in total. The van der Waals surface area contributed by atoms with Crippen LogP contribution in [0, 0.1) is 0 Å². The van der Waals surface area contributed by atoms with Gasteiger partial charge in [-0.25, -0.2) is 0 Å². The van der Waals surface area contributed by atoms with Crippen molar-refractivity contribution >= 4 is 186 Å². The summed E-state index contributed by atoms with van der Waals surface area (Å²) in [6, 6.07) is 0. The molecule has 0 aliphatic heterocycles. The van der Waals surface area contributed by atoms with Crippen LogP contribution in [0.1, 0.15) is 33.4 Å². The molecule has 0 radical (unpaired) electrons. The van der Waals surface area contributed by atoms with E-state index >= 15 is 0 Å². The van der Waals surface area contributed by atoms with Crippen molar-refractivity contribution < 1.29 is 20.4 Å². The Bertz CT molecular complexity index is 1910. The lowest BCUT2D eigenvalue weighted by molar-refractivity contribution is 0.366. The highest BCUT2D eigenvalue weighted by Crippen LogP contribution is 2.81. The van der Waals surface area contributed by atoms with Gasteiger partial charge in [0.1, 0.15) is 19.5 Å². The van der Waals surface area contributed by atoms with E-state index in [9.17, 15) is 20.4 Å². The highest BCUT2D eigenvalue weighted by molar-refractivity contribution is 6.67. The van der Waals surface area contributed by atoms with Gasteiger partial charge in [0.25, 0.3) is 0 Å². The maximum absolute atomic E-state index is 11.4. The largest absolute Gasteiger partial charge is 0.494 e. The molecule has 4 atom stereocenters. The van der Waals surface area contributed by atoms with Crippen molar-refractivity contribution in [3.63, 3.8) is 0 Å². The first-order valence-corrected chi connectivity index (χ1v) is 18.7. The van der Waals surface area contributed by atoms with Crippen LogP contribution in [-0.4, -0.2) is 38.2 Å². The molecule has 4 aliphatic rings. The van der Waals surface area contributed by atoms with Crippen LogP contribution in [0.3, 0.4) is 0 Å². The van der Waals surface area contributed by atoms with Crippen molar-refractivity contribution in [3.05, 3.63) is 73.6 Å². The Hall–Kier alpha value is 1.10. The zero-order chi connectivity index (χ0) is 36.0. The first-order valence-electron chi connectivity index (χ1n) is 12.7. The van der Waals surface area contributed by atoms with Crippen molar-refractivity contribution in [3.8, 4) is 23.5 Å². The third kappa shape index (κ3) is 3.67. The number of allylic oxidation sites excluding steroid dienone is 4. The summed E-state index contributed by atoms with van der Waals surface area (Å²) >= 11 is 106. The molecule has 0 saturated carbocycles. The minimum absolute atomic E-state index is 0.00979. The first kappa shape index (κ1) is 37.4. The second kappa shape index (κ2) is 10.9. The van der Waals surface area contributed by atoms with Crippen LogP contribution in [0.5, 0.6) is 23.5 Å². The van der Waals surface area contributed by atoms with E-state index < -0.39 is 64.8 Å². The van der Waals surface area contributed by atoms with Crippen LogP contribution in [-0.2, 0) is 32.6 Å². The van der Waals surface area contributed by atoms with E-state index in [4.69, 9.17) is 186 Å². The van der Waals surface area contributed by atoms with Gasteiger partial charge < -0.3 is 20.4 Å². The number of benzene rings is 1. The molecule has 3 aromatic rings. The first-order chi connectivity index (χ1) is 21.9. The fourth-order valence-corrected chi connectivity index (χ4v) is 13.4. The van der Waals surface area contributed by atoms with Crippen molar-refractivity contribution in [2.45, 2.75) is 41.3 Å². The topological polar surface area (TPSA) is 90.8 Å². The Labute approximate surface area is 349 Å². The number of alkyl halides is 8. The van der Waals surface area contributed by atoms with Gasteiger partial charge in [0, 0.05) is 11.1 Å². The summed E-state index contributed by atoms with van der Waals surface area (Å²) in [5.74, 6) is -2.64. The number of fused-ring (bicyclic) bond motifs is 10. The Kier molecular flexibility index (Phi) is 8.47. The van der Waals surface area contributed by atoms with Gasteiger partial charge in [-0.15, -0.1) is 46.4 Å². The van der Waals surface area contributed by atoms with Crippen LogP contribution >= 0.6 is 186 Å². The van der Waals surface area contributed by atoms with Crippen LogP contribution in [0.4, 0.5) is 0 Å². The van der Waals surface area contributed by atoms with Gasteiger partial charge in [0.15, 0.2) is 32.2 Å². The molecule has 48 heavy (non-hydrogen) atoms. The minimum atomic E-state index is -2.14. The summed E-state index contributed by atoms with van der Waals surface area (Å²) in [7, 11) is 0. The molecule has 0 fully saturated rings. The third-order valence-electron chi connectivity index (χ3n) is 9.20. The molecule has 22 heteroatoms. The van der Waals surface area contributed by atoms with Crippen molar-refractivity contribution in [2.24, 2.45) is 0 Å². The minimum Gasteiger partial charge on any atom is -0.494 e. The molecule has 4 aliphatic carbocycles. The van der Waals surface area contributed by atoms with Gasteiger partial charge in [-0.3, -0.25) is 9.13 Å². The summed E-state index contributed by atoms with van der Waals surface area (Å²) < 4.78 is -2.40. The maximum atomic E-state index is 11.4. The molecule has 7 rings (SSSR count). The molecular formula is C26H8Cl16N2O4. The van der Waals surface area contributed by atoms with Crippen molar-refractivity contribution in [1.29, 1.82) is 0 Å². The normalized spacial score (nSPS) is 30.7. The van der Waals surface area contributed by atoms with Crippen molar-refractivity contribution in [2.75, 3.05) is 0 Å². The van der Waals surface area contributed by atoms with E-state index in [1.807, 2.05) is 0 Å². The molecule has 0 saturated heterocycles. The molecule has 1 aromatic carbocycles. The van der Waals surface area contributed by atoms with Gasteiger partial charge in [0.2, 0.25) is 0 Å². The number of rotatable bonds is 4. The van der Waals surface area contributed by atoms with E-state index in [0.29, 0.717) is 0 Å². The standard InChI is InChI=1S/C26H8Cl16N2O4/c27-9-3(1-43-17(45)5-6(18(43)46)22(36)14(32)13(31)21(5,35)25(22,39)40)10(28)12(30)11(29)4(9)2-44-19(47)7-8(20(44)48)24(38)16(34)15(33)23(7,37)26(24,41)42/h45-48H,1-2H2. The number of nitrogens with zero attached hydrogens (tertiary/aromatic N) is 2. The van der Waals surface area contributed by atoms with E-state index in [1.165, 1.54) is 0 Å². The number of aromatic hydroxyl groups is 4. The molecule has 4 unspecified atom stereocenters. The van der Waals surface area contributed by atoms with Crippen LogP contribution in [0.15, 0.2) is 20.1 Å². The fraction of sp³-hybridized carbons (Fsp3) is 0.308. The maximum Gasteiger partial charge on any atom is 0.200 e. The highest BCUT2D eigenvalue weighted by Gasteiger charge is 2.81. The average Bonchev–Trinajstić information content (AvgIpc) is 3.59. The lowest BCUT2D eigenvalue weighted by Gasteiger charge is -2.32. The molecule has 4 bridgehead atoms. The lowest BCUT2D eigenvalue weighted by atomic mass is 10.00. The van der Waals surface area contributed by atoms with Crippen LogP contribution in [0.25, 0.3) is 0 Å². The summed E-state index contributed by atoms with van der Waals surface area (Å²) in [4.78, 5) is -8.27. The SMILES string of the molecule is Oc1c2c(c(O)n1Cc1c(Cl)c(Cl)c(Cl)c(Cn3c(O)c4c(c3O)C3(Cl)C(Cl)=C(Cl)C4(Cl)C3(Cl)Cl)c1Cl)C1(Cl)C(Cl)=C(Cl)C2(Cl)C1(Cl)Cl. The fourth-order valence-electron chi connectivity index (χ4n) is 6.82. The van der Waals surface area contributed by atoms with Gasteiger partial charge >= 0.3 is 0 Å². The number of aromatic nitrogens is 2. The van der Waals surface area contributed by atoms with Crippen molar-refractivity contribution in [1.82, 2.24) is 9.13 Å². The molecular weight excluding hydrogens is 972 g/mol. The summed E-state index contributed by atoms with van der Waals surface area (Å²) in [6.45, 7) is -0.990. The van der Waals surface area contributed by atoms with Crippen LogP contribution in [0.2, 0.25) is 20.1 Å². The van der Waals surface area contributed by atoms with Gasteiger partial charge in [0.05, 0.1) is 75.6 Å². The van der Waals surface area contributed by atoms with E-state index in [-0.39, 0.29) is 73.6 Å². The molecule has 258 valence electrons. The predicted octanol–water partition coefficient (Wildman–Crippen LogP) is 12.3. The zero-order valence-corrected chi connectivity index (χ0v) is 34.2. The lowest BCUT2D eigenvalue weighted by Crippen LogP contribution is -2.40. The van der Waals surface area contributed by atoms with Gasteiger partial charge in [-0.1, -0.05) is 139 Å². The number of halogens is 16. The molecule has 0 spiro atoms. The Morgan fingerprint density at radius 1 is 0.375 bits per heavy atom. The zero-order valence-electron chi connectivity index (χ0n) is 22.1. The quantitative estimate of drug-likeness (QED) is 0.119. The van der Waals surface area contributed by atoms with E-state index in [0.717, 1.165) is 9.13 Å². The van der Waals surface area contributed by atoms with Gasteiger partial charge in [-0.05, 0) is 0 Å². The summed E-state index contributed by atoms with van der Waals surface area (Å²) in [6.07, 6.45) is 0. The smallest absolute Gasteiger partial charge is 0.200 e. The Balaban J connectivity index is 1.36. The van der Waals surface area contributed by atoms with E-state index in [1.54, 1.807) is 0 Å². The summed E-state index contributed by atoms with van der Waals surface area (Å²) in [5.41, 5.74) is -0.851. The van der Waals surface area contributed by atoms with E-state index in [2.05, 4.69) is 0 Å². The second-order valence-corrected chi connectivity index (χ2v) is 19.2. The molecule has 2 heterocycles. The Morgan fingerprint density at radius 2 is 0.604 bits per heavy atom. The molecule has 2 aromatic heterocycles. The third-order valence-corrected chi connectivity index (χ3v) is 19.2. The average molecular weight is 980 g/mol. The number of hydrogen-bond donors (Lipinski definition) is 4. The Morgan fingerprint density at radius 3 is 0.833 bits per heavy atom. The monoisotopic (exact) mass is 972 g/mol. The second-order valence-electron chi connectivity index (χ2n) is 11.2. The molecule has 0 amide bonds.